The lowest BCUT2D eigenvalue weighted by Gasteiger charge is -2.28. The van der Waals surface area contributed by atoms with Gasteiger partial charge in [-0.25, -0.2) is 0 Å². The zero-order valence-electron chi connectivity index (χ0n) is 10.7. The van der Waals surface area contributed by atoms with Crippen molar-refractivity contribution < 1.29 is 5.11 Å². The molecule has 3 heteroatoms. The minimum atomic E-state index is -0.717. The van der Waals surface area contributed by atoms with Crippen molar-refractivity contribution in [2.45, 2.75) is 32.8 Å². The van der Waals surface area contributed by atoms with Gasteiger partial charge >= 0.3 is 0 Å². The summed E-state index contributed by atoms with van der Waals surface area (Å²) in [4.78, 5) is 0. The number of aliphatic hydroxyl groups is 1. The second-order valence-corrected chi connectivity index (χ2v) is 4.90. The van der Waals surface area contributed by atoms with E-state index in [1.54, 1.807) is 0 Å². The molecule has 0 saturated carbocycles. The molecule has 2 N–H and O–H groups in total. The first-order valence-electron chi connectivity index (χ1n) is 5.88. The Morgan fingerprint density at radius 3 is 2.41 bits per heavy atom. The highest BCUT2D eigenvalue weighted by atomic mass is 16.3. The highest BCUT2D eigenvalue weighted by Crippen LogP contribution is 2.17. The summed E-state index contributed by atoms with van der Waals surface area (Å²) in [5, 5.41) is 21.9. The summed E-state index contributed by atoms with van der Waals surface area (Å²) < 4.78 is 0. The molecule has 0 aliphatic heterocycles. The second kappa shape index (κ2) is 5.70. The molecule has 0 bridgehead atoms. The molecule has 1 aromatic carbocycles. The minimum absolute atomic E-state index is 0.202. The van der Waals surface area contributed by atoms with E-state index in [0.717, 1.165) is 11.3 Å². The van der Waals surface area contributed by atoms with Gasteiger partial charge in [-0.05, 0) is 30.5 Å². The van der Waals surface area contributed by atoms with Crippen molar-refractivity contribution in [2.24, 2.45) is 5.92 Å². The Bertz CT molecular complexity index is 388. The van der Waals surface area contributed by atoms with E-state index in [9.17, 15) is 5.11 Å². The Labute approximate surface area is 103 Å². The van der Waals surface area contributed by atoms with Crippen molar-refractivity contribution in [1.29, 1.82) is 5.26 Å². The molecule has 1 rings (SSSR count). The summed E-state index contributed by atoms with van der Waals surface area (Å²) in [6, 6.07) is 9.83. The van der Waals surface area contributed by atoms with Crippen molar-refractivity contribution in [3.63, 3.8) is 0 Å². The Hall–Kier alpha value is -1.53. The van der Waals surface area contributed by atoms with Crippen LogP contribution in [0.5, 0.6) is 0 Å². The van der Waals surface area contributed by atoms with Crippen LogP contribution in [0.1, 0.15) is 26.3 Å². The summed E-state index contributed by atoms with van der Waals surface area (Å²) in [7, 11) is 0. The largest absolute Gasteiger partial charge is 0.388 e. The number of nitrogens with one attached hydrogen (secondary N) is 1. The molecular weight excluding hydrogens is 212 g/mol. The van der Waals surface area contributed by atoms with Gasteiger partial charge < -0.3 is 10.4 Å². The van der Waals surface area contributed by atoms with Gasteiger partial charge in [-0.2, -0.15) is 5.26 Å². The predicted molar refractivity (Wildman–Crippen MR) is 69.7 cm³/mol. The van der Waals surface area contributed by atoms with Crippen LogP contribution in [0.3, 0.4) is 0 Å². The molecule has 92 valence electrons. The summed E-state index contributed by atoms with van der Waals surface area (Å²) in [5.74, 6) is 0.202. The zero-order chi connectivity index (χ0) is 12.9. The average molecular weight is 232 g/mol. The normalized spacial score (nSPS) is 14.1. The average Bonchev–Trinajstić information content (AvgIpc) is 2.28. The van der Waals surface area contributed by atoms with Crippen LogP contribution < -0.4 is 5.32 Å². The standard InChI is InChI=1S/C14H20N2O/c1-11(2)14(3,17)10-16-13-6-4-12(5-7-13)8-9-15/h4-7,11,16-17H,8,10H2,1-3H3. The molecule has 17 heavy (non-hydrogen) atoms. The third kappa shape index (κ3) is 4.08. The van der Waals surface area contributed by atoms with E-state index in [1.165, 1.54) is 0 Å². The summed E-state index contributed by atoms with van der Waals surface area (Å²) in [5.41, 5.74) is 1.26. The van der Waals surface area contributed by atoms with E-state index in [1.807, 2.05) is 45.0 Å². The van der Waals surface area contributed by atoms with Gasteiger partial charge in [0.15, 0.2) is 0 Å². The minimum Gasteiger partial charge on any atom is -0.388 e. The van der Waals surface area contributed by atoms with Crippen molar-refractivity contribution in [3.05, 3.63) is 29.8 Å². The van der Waals surface area contributed by atoms with E-state index in [-0.39, 0.29) is 5.92 Å². The summed E-state index contributed by atoms with van der Waals surface area (Å²) in [6.45, 7) is 6.34. The maximum absolute atomic E-state index is 10.1. The molecule has 1 aromatic rings. The van der Waals surface area contributed by atoms with Gasteiger partial charge in [0.1, 0.15) is 0 Å². The molecule has 3 nitrogen and oxygen atoms in total. The van der Waals surface area contributed by atoms with Crippen LogP contribution in [0.25, 0.3) is 0 Å². The van der Waals surface area contributed by atoms with Crippen LogP contribution in [0, 0.1) is 17.2 Å². The van der Waals surface area contributed by atoms with Crippen molar-refractivity contribution in [2.75, 3.05) is 11.9 Å². The molecule has 0 amide bonds. The lowest BCUT2D eigenvalue weighted by Crippen LogP contribution is -2.38. The molecule has 0 aromatic heterocycles. The molecule has 0 saturated heterocycles. The first kappa shape index (κ1) is 13.5. The van der Waals surface area contributed by atoms with Crippen molar-refractivity contribution in [1.82, 2.24) is 0 Å². The molecule has 0 heterocycles. The van der Waals surface area contributed by atoms with Crippen LogP contribution in [0.2, 0.25) is 0 Å². The Morgan fingerprint density at radius 2 is 1.94 bits per heavy atom. The second-order valence-electron chi connectivity index (χ2n) is 4.90. The first-order chi connectivity index (χ1) is 7.95. The topological polar surface area (TPSA) is 56.0 Å². The monoisotopic (exact) mass is 232 g/mol. The fourth-order valence-corrected chi connectivity index (χ4v) is 1.32. The number of nitriles is 1. The molecule has 0 fully saturated rings. The Morgan fingerprint density at radius 1 is 1.35 bits per heavy atom. The Kier molecular flexibility index (Phi) is 4.53. The van der Waals surface area contributed by atoms with Gasteiger partial charge in [-0.3, -0.25) is 0 Å². The zero-order valence-corrected chi connectivity index (χ0v) is 10.7. The maximum Gasteiger partial charge on any atom is 0.0813 e. The van der Waals surface area contributed by atoms with Gasteiger partial charge in [0.25, 0.3) is 0 Å². The van der Waals surface area contributed by atoms with E-state index < -0.39 is 5.60 Å². The number of benzene rings is 1. The number of anilines is 1. The number of nitrogens with zero attached hydrogens (tertiary/aromatic N) is 1. The van der Waals surface area contributed by atoms with Gasteiger partial charge in [0.2, 0.25) is 0 Å². The van der Waals surface area contributed by atoms with Gasteiger partial charge in [0.05, 0.1) is 18.1 Å². The third-order valence-electron chi connectivity index (χ3n) is 3.13. The van der Waals surface area contributed by atoms with E-state index in [2.05, 4.69) is 11.4 Å². The Balaban J connectivity index is 2.56. The van der Waals surface area contributed by atoms with Crippen molar-refractivity contribution >= 4 is 5.69 Å². The SMILES string of the molecule is CC(C)C(C)(O)CNc1ccc(CC#N)cc1. The van der Waals surface area contributed by atoms with Crippen LogP contribution in [0.15, 0.2) is 24.3 Å². The fraction of sp³-hybridized carbons (Fsp3) is 0.500. The molecule has 0 aliphatic carbocycles. The predicted octanol–water partition coefficient (Wildman–Crippen LogP) is 2.57. The molecule has 0 aliphatic rings. The number of hydrogen-bond donors (Lipinski definition) is 2. The van der Waals surface area contributed by atoms with Crippen LogP contribution in [-0.2, 0) is 6.42 Å². The van der Waals surface area contributed by atoms with Crippen LogP contribution in [-0.4, -0.2) is 17.3 Å². The van der Waals surface area contributed by atoms with Crippen LogP contribution >= 0.6 is 0 Å². The molecule has 0 spiro atoms. The van der Waals surface area contributed by atoms with Gasteiger partial charge in [0, 0.05) is 12.2 Å². The highest BCUT2D eigenvalue weighted by Gasteiger charge is 2.24. The molecule has 1 atom stereocenters. The summed E-state index contributed by atoms with van der Waals surface area (Å²) >= 11 is 0. The quantitative estimate of drug-likeness (QED) is 0.820. The molecular formula is C14H20N2O. The highest BCUT2D eigenvalue weighted by molar-refractivity contribution is 5.45. The maximum atomic E-state index is 10.1. The number of hydrogen-bond acceptors (Lipinski definition) is 3. The first-order valence-corrected chi connectivity index (χ1v) is 5.88. The number of rotatable bonds is 5. The summed E-state index contributed by atoms with van der Waals surface area (Å²) in [6.07, 6.45) is 0.435. The van der Waals surface area contributed by atoms with Gasteiger partial charge in [-0.15, -0.1) is 0 Å². The van der Waals surface area contributed by atoms with E-state index in [4.69, 9.17) is 5.26 Å². The lowest BCUT2D eigenvalue weighted by atomic mass is 9.92. The van der Waals surface area contributed by atoms with Crippen LogP contribution in [0.4, 0.5) is 5.69 Å². The van der Waals surface area contributed by atoms with Gasteiger partial charge in [-0.1, -0.05) is 26.0 Å². The third-order valence-corrected chi connectivity index (χ3v) is 3.13. The smallest absolute Gasteiger partial charge is 0.0813 e. The molecule has 1 unspecified atom stereocenters. The van der Waals surface area contributed by atoms with E-state index in [0.29, 0.717) is 13.0 Å². The van der Waals surface area contributed by atoms with E-state index >= 15 is 0 Å². The fourth-order valence-electron chi connectivity index (χ4n) is 1.32. The lowest BCUT2D eigenvalue weighted by molar-refractivity contribution is 0.0266. The molecule has 0 radical (unpaired) electrons. The van der Waals surface area contributed by atoms with Crippen molar-refractivity contribution in [3.8, 4) is 6.07 Å².